The number of nitrogens with zero attached hydrogens (tertiary/aromatic N) is 1. The third kappa shape index (κ3) is 3.15. The molecule has 1 amide bonds. The number of carbonyl (C=O) groups is 1. The summed E-state index contributed by atoms with van der Waals surface area (Å²) in [4.78, 5) is 20.7. The first-order valence-electron chi connectivity index (χ1n) is 10.1. The molecule has 1 aromatic heterocycles. The van der Waals surface area contributed by atoms with E-state index in [1.165, 1.54) is 11.8 Å². The van der Waals surface area contributed by atoms with Crippen LogP contribution < -0.4 is 5.32 Å². The number of hydrogen-bond acceptors (Lipinski definition) is 2. The molecule has 4 aromatic rings. The Morgan fingerprint density at radius 1 is 0.929 bits per heavy atom. The minimum Gasteiger partial charge on any atom is -0.338 e. The van der Waals surface area contributed by atoms with Crippen LogP contribution in [0.3, 0.4) is 0 Å². The number of H-pyrrole nitrogens is 1. The first kappa shape index (κ1) is 17.0. The molecule has 1 aliphatic carbocycles. The van der Waals surface area contributed by atoms with E-state index in [0.717, 1.165) is 59.2 Å². The summed E-state index contributed by atoms with van der Waals surface area (Å²) in [6.45, 7) is 0. The molecule has 1 heterocycles. The average molecular weight is 369 g/mol. The fourth-order valence-corrected chi connectivity index (χ4v) is 4.20. The molecule has 140 valence electrons. The summed E-state index contributed by atoms with van der Waals surface area (Å²) in [6.07, 6.45) is 5.61. The van der Waals surface area contributed by atoms with Gasteiger partial charge in [-0.3, -0.25) is 4.79 Å². The summed E-state index contributed by atoms with van der Waals surface area (Å²) in [5.41, 5.74) is 3.88. The van der Waals surface area contributed by atoms with Gasteiger partial charge in [-0.1, -0.05) is 49.6 Å². The van der Waals surface area contributed by atoms with E-state index in [9.17, 15) is 4.79 Å². The quantitative estimate of drug-likeness (QED) is 0.472. The van der Waals surface area contributed by atoms with Gasteiger partial charge in [0.2, 0.25) is 5.91 Å². The number of aromatic amines is 1. The lowest BCUT2D eigenvalue weighted by molar-refractivity contribution is -0.120. The summed E-state index contributed by atoms with van der Waals surface area (Å²) < 4.78 is 0. The number of carbonyl (C=O) groups excluding carboxylic acids is 1. The van der Waals surface area contributed by atoms with Crippen molar-refractivity contribution in [3.63, 3.8) is 0 Å². The number of benzene rings is 3. The predicted octanol–water partition coefficient (Wildman–Crippen LogP) is 5.90. The zero-order valence-electron chi connectivity index (χ0n) is 15.7. The third-order valence-corrected chi connectivity index (χ3v) is 5.78. The van der Waals surface area contributed by atoms with Gasteiger partial charge in [0.25, 0.3) is 0 Å². The average Bonchev–Trinajstić information content (AvgIpc) is 3.20. The van der Waals surface area contributed by atoms with Gasteiger partial charge < -0.3 is 10.3 Å². The third-order valence-electron chi connectivity index (χ3n) is 5.78. The molecule has 0 unspecified atom stereocenters. The maximum absolute atomic E-state index is 12.4. The number of nitrogens with one attached hydrogen (secondary N) is 2. The number of rotatable bonds is 3. The number of fused-ring (bicyclic) bond motifs is 3. The fraction of sp³-hybridized carbons (Fsp3) is 0.250. The topological polar surface area (TPSA) is 57.8 Å². The lowest BCUT2D eigenvalue weighted by Gasteiger charge is -2.20. The van der Waals surface area contributed by atoms with Gasteiger partial charge in [-0.15, -0.1) is 0 Å². The molecule has 0 atom stereocenters. The number of imidazole rings is 1. The first-order valence-corrected chi connectivity index (χ1v) is 10.1. The van der Waals surface area contributed by atoms with Crippen LogP contribution in [-0.2, 0) is 4.79 Å². The molecular weight excluding hydrogens is 346 g/mol. The van der Waals surface area contributed by atoms with Crippen LogP contribution in [0.4, 0.5) is 5.69 Å². The fourth-order valence-electron chi connectivity index (χ4n) is 4.20. The second kappa shape index (κ2) is 7.12. The summed E-state index contributed by atoms with van der Waals surface area (Å²) in [6, 6.07) is 20.4. The standard InChI is InChI=1S/C24H23N3O/c28-24(18-7-2-1-3-8-18)25-19-13-10-17(11-14-19)23-26-21-15-12-16-6-4-5-9-20(16)22(21)27-23/h4-6,9-15,18H,1-3,7-8H2,(H,25,28)(H,26,27). The zero-order chi connectivity index (χ0) is 18.9. The number of hydrogen-bond donors (Lipinski definition) is 2. The summed E-state index contributed by atoms with van der Waals surface area (Å²) >= 11 is 0. The minimum atomic E-state index is 0.155. The van der Waals surface area contributed by atoms with Crippen molar-refractivity contribution in [2.75, 3.05) is 5.32 Å². The molecule has 0 saturated heterocycles. The molecule has 3 aromatic carbocycles. The van der Waals surface area contributed by atoms with Crippen molar-refractivity contribution in [2.45, 2.75) is 32.1 Å². The Kier molecular flexibility index (Phi) is 4.32. The Bertz CT molecular complexity index is 1140. The van der Waals surface area contributed by atoms with E-state index in [1.54, 1.807) is 0 Å². The van der Waals surface area contributed by atoms with E-state index in [2.05, 4.69) is 34.6 Å². The van der Waals surface area contributed by atoms with Crippen LogP contribution in [0.2, 0.25) is 0 Å². The second-order valence-electron chi connectivity index (χ2n) is 7.67. The highest BCUT2D eigenvalue weighted by molar-refractivity contribution is 6.05. The van der Waals surface area contributed by atoms with Crippen LogP contribution in [0.1, 0.15) is 32.1 Å². The number of aromatic nitrogens is 2. The van der Waals surface area contributed by atoms with Crippen LogP contribution in [0.15, 0.2) is 60.7 Å². The van der Waals surface area contributed by atoms with E-state index in [0.29, 0.717) is 0 Å². The minimum absolute atomic E-state index is 0.155. The Morgan fingerprint density at radius 3 is 2.54 bits per heavy atom. The van der Waals surface area contributed by atoms with Gasteiger partial charge in [0, 0.05) is 22.6 Å². The van der Waals surface area contributed by atoms with E-state index in [1.807, 2.05) is 36.4 Å². The first-order chi connectivity index (χ1) is 13.8. The van der Waals surface area contributed by atoms with E-state index < -0.39 is 0 Å². The van der Waals surface area contributed by atoms with Crippen molar-refractivity contribution in [1.29, 1.82) is 0 Å². The van der Waals surface area contributed by atoms with Gasteiger partial charge in [0.15, 0.2) is 0 Å². The van der Waals surface area contributed by atoms with Crippen LogP contribution >= 0.6 is 0 Å². The van der Waals surface area contributed by atoms with Crippen LogP contribution in [0.5, 0.6) is 0 Å². The van der Waals surface area contributed by atoms with E-state index in [-0.39, 0.29) is 11.8 Å². The Morgan fingerprint density at radius 2 is 1.71 bits per heavy atom. The van der Waals surface area contributed by atoms with E-state index in [4.69, 9.17) is 4.98 Å². The molecule has 0 aliphatic heterocycles. The monoisotopic (exact) mass is 369 g/mol. The Hall–Kier alpha value is -3.14. The molecule has 0 radical (unpaired) electrons. The molecule has 1 saturated carbocycles. The maximum Gasteiger partial charge on any atom is 0.227 e. The lowest BCUT2D eigenvalue weighted by atomic mass is 9.88. The van der Waals surface area contributed by atoms with Crippen LogP contribution in [0, 0.1) is 5.92 Å². The van der Waals surface area contributed by atoms with Crippen molar-refractivity contribution in [2.24, 2.45) is 5.92 Å². The number of amides is 1. The zero-order valence-corrected chi connectivity index (χ0v) is 15.7. The molecule has 4 nitrogen and oxygen atoms in total. The Labute approximate surface area is 164 Å². The molecule has 2 N–H and O–H groups in total. The number of anilines is 1. The summed E-state index contributed by atoms with van der Waals surface area (Å²) in [7, 11) is 0. The SMILES string of the molecule is O=C(Nc1ccc(-c2nc3c(ccc4ccccc43)[nH]2)cc1)C1CCCCC1. The molecule has 1 aliphatic rings. The highest BCUT2D eigenvalue weighted by atomic mass is 16.1. The van der Waals surface area contributed by atoms with Crippen LogP contribution in [-0.4, -0.2) is 15.9 Å². The van der Waals surface area contributed by atoms with Gasteiger partial charge in [0.05, 0.1) is 11.0 Å². The predicted molar refractivity (Wildman–Crippen MR) is 114 cm³/mol. The van der Waals surface area contributed by atoms with Crippen molar-refractivity contribution < 1.29 is 4.79 Å². The van der Waals surface area contributed by atoms with Gasteiger partial charge in [-0.25, -0.2) is 4.98 Å². The smallest absolute Gasteiger partial charge is 0.227 e. The second-order valence-corrected chi connectivity index (χ2v) is 7.67. The summed E-state index contributed by atoms with van der Waals surface area (Å²) in [5.74, 6) is 1.16. The summed E-state index contributed by atoms with van der Waals surface area (Å²) in [5, 5.41) is 5.41. The van der Waals surface area contributed by atoms with E-state index >= 15 is 0 Å². The van der Waals surface area contributed by atoms with Gasteiger partial charge >= 0.3 is 0 Å². The van der Waals surface area contributed by atoms with Gasteiger partial charge in [-0.05, 0) is 48.6 Å². The molecule has 28 heavy (non-hydrogen) atoms. The largest absolute Gasteiger partial charge is 0.338 e. The molecule has 0 bridgehead atoms. The molecular formula is C24H23N3O. The highest BCUT2D eigenvalue weighted by Crippen LogP contribution is 2.28. The van der Waals surface area contributed by atoms with Crippen molar-refractivity contribution >= 4 is 33.4 Å². The molecule has 1 fully saturated rings. The normalized spacial score (nSPS) is 15.1. The van der Waals surface area contributed by atoms with Gasteiger partial charge in [0.1, 0.15) is 5.82 Å². The van der Waals surface area contributed by atoms with Crippen LogP contribution in [0.25, 0.3) is 33.2 Å². The molecule has 5 rings (SSSR count). The van der Waals surface area contributed by atoms with Crippen molar-refractivity contribution in [3.05, 3.63) is 60.7 Å². The highest BCUT2D eigenvalue weighted by Gasteiger charge is 2.21. The molecule has 0 spiro atoms. The van der Waals surface area contributed by atoms with Crippen molar-refractivity contribution in [3.8, 4) is 11.4 Å². The lowest BCUT2D eigenvalue weighted by Crippen LogP contribution is -2.24. The molecule has 4 heteroatoms. The maximum atomic E-state index is 12.4. The van der Waals surface area contributed by atoms with Gasteiger partial charge in [-0.2, -0.15) is 0 Å². The van der Waals surface area contributed by atoms with Crippen molar-refractivity contribution in [1.82, 2.24) is 9.97 Å². The Balaban J connectivity index is 1.39.